The number of benzene rings is 1. The van der Waals surface area contributed by atoms with Crippen LogP contribution in [-0.2, 0) is 9.53 Å². The van der Waals surface area contributed by atoms with Crippen molar-refractivity contribution in [3.63, 3.8) is 0 Å². The van der Waals surface area contributed by atoms with Gasteiger partial charge in [-0.15, -0.1) is 0 Å². The highest BCUT2D eigenvalue weighted by molar-refractivity contribution is 5.94. The standard InChI is InChI=1S/C21H27N5O3/c1-13(2)20(28)26-8-9-29-17(12-26)18-16(11-23-21(24-18)25(3)4)14-6-5-7-15(10-14)19(22)27/h5-7,10-11,13,17H,8-9,12H2,1-4H3,(H2,22,27). The number of nitrogens with zero attached hydrogens (tertiary/aromatic N) is 4. The third kappa shape index (κ3) is 4.54. The molecule has 29 heavy (non-hydrogen) atoms. The summed E-state index contributed by atoms with van der Waals surface area (Å²) in [6.45, 7) is 5.20. The fourth-order valence-corrected chi connectivity index (χ4v) is 3.29. The van der Waals surface area contributed by atoms with Crippen molar-refractivity contribution >= 4 is 17.8 Å². The van der Waals surface area contributed by atoms with E-state index in [-0.39, 0.29) is 17.9 Å². The lowest BCUT2D eigenvalue weighted by Gasteiger charge is -2.34. The second-order valence-electron chi connectivity index (χ2n) is 7.61. The number of nitrogens with two attached hydrogens (primary N) is 1. The van der Waals surface area contributed by atoms with Gasteiger partial charge < -0.3 is 20.3 Å². The lowest BCUT2D eigenvalue weighted by Crippen LogP contribution is -2.44. The molecule has 154 valence electrons. The summed E-state index contributed by atoms with van der Waals surface area (Å²) >= 11 is 0. The molecule has 2 aromatic rings. The maximum absolute atomic E-state index is 12.5. The number of rotatable bonds is 5. The van der Waals surface area contributed by atoms with Crippen LogP contribution in [0.3, 0.4) is 0 Å². The predicted octanol–water partition coefficient (Wildman–Crippen LogP) is 1.86. The molecule has 0 spiro atoms. The van der Waals surface area contributed by atoms with E-state index < -0.39 is 5.91 Å². The maximum Gasteiger partial charge on any atom is 0.248 e. The van der Waals surface area contributed by atoms with Gasteiger partial charge in [0.15, 0.2) is 0 Å². The van der Waals surface area contributed by atoms with Gasteiger partial charge in [0.2, 0.25) is 17.8 Å². The Morgan fingerprint density at radius 2 is 2.07 bits per heavy atom. The number of anilines is 1. The monoisotopic (exact) mass is 397 g/mol. The topological polar surface area (TPSA) is 102 Å². The second kappa shape index (κ2) is 8.57. The highest BCUT2D eigenvalue weighted by Crippen LogP contribution is 2.32. The minimum atomic E-state index is -0.498. The summed E-state index contributed by atoms with van der Waals surface area (Å²) in [4.78, 5) is 36.9. The van der Waals surface area contributed by atoms with Crippen LogP contribution in [0, 0.1) is 5.92 Å². The third-order valence-electron chi connectivity index (χ3n) is 4.84. The SMILES string of the molecule is CC(C)C(=O)N1CCOC(c2nc(N(C)C)ncc2-c2cccc(C(N)=O)c2)C1. The second-order valence-corrected chi connectivity index (χ2v) is 7.61. The van der Waals surface area contributed by atoms with Gasteiger partial charge >= 0.3 is 0 Å². The Bertz CT molecular complexity index is 913. The number of amides is 2. The van der Waals surface area contributed by atoms with Crippen LogP contribution in [0.25, 0.3) is 11.1 Å². The average molecular weight is 397 g/mol. The molecule has 0 saturated carbocycles. The minimum Gasteiger partial charge on any atom is -0.368 e. The first-order valence-electron chi connectivity index (χ1n) is 9.62. The molecular formula is C21H27N5O3. The fourth-order valence-electron chi connectivity index (χ4n) is 3.29. The smallest absolute Gasteiger partial charge is 0.248 e. The zero-order valence-corrected chi connectivity index (χ0v) is 17.3. The summed E-state index contributed by atoms with van der Waals surface area (Å²) in [6, 6.07) is 7.04. The summed E-state index contributed by atoms with van der Waals surface area (Å²) < 4.78 is 6.00. The Hall–Kier alpha value is -3.00. The van der Waals surface area contributed by atoms with Crippen molar-refractivity contribution in [3.8, 4) is 11.1 Å². The minimum absolute atomic E-state index is 0.0804. The van der Waals surface area contributed by atoms with E-state index in [0.717, 1.165) is 11.1 Å². The summed E-state index contributed by atoms with van der Waals surface area (Å²) in [5, 5.41) is 0. The molecule has 1 atom stereocenters. The molecule has 1 fully saturated rings. The molecule has 3 rings (SSSR count). The van der Waals surface area contributed by atoms with Crippen LogP contribution in [0.2, 0.25) is 0 Å². The van der Waals surface area contributed by atoms with Gasteiger partial charge in [-0.1, -0.05) is 26.0 Å². The van der Waals surface area contributed by atoms with Crippen LogP contribution in [-0.4, -0.2) is 60.5 Å². The lowest BCUT2D eigenvalue weighted by atomic mass is 9.99. The Morgan fingerprint density at radius 3 is 2.72 bits per heavy atom. The quantitative estimate of drug-likeness (QED) is 0.826. The van der Waals surface area contributed by atoms with Crippen molar-refractivity contribution in [2.24, 2.45) is 11.7 Å². The molecule has 1 aromatic heterocycles. The fraction of sp³-hybridized carbons (Fsp3) is 0.429. The van der Waals surface area contributed by atoms with E-state index in [0.29, 0.717) is 36.9 Å². The number of aromatic nitrogens is 2. The van der Waals surface area contributed by atoms with Gasteiger partial charge in [-0.25, -0.2) is 9.97 Å². The Balaban J connectivity index is 2.04. The molecule has 1 aliphatic rings. The number of hydrogen-bond acceptors (Lipinski definition) is 6. The molecule has 8 nitrogen and oxygen atoms in total. The largest absolute Gasteiger partial charge is 0.368 e. The number of carbonyl (C=O) groups is 2. The van der Waals surface area contributed by atoms with Crippen molar-refractivity contribution in [1.82, 2.24) is 14.9 Å². The van der Waals surface area contributed by atoms with Gasteiger partial charge in [0.05, 0.1) is 18.8 Å². The van der Waals surface area contributed by atoms with Gasteiger partial charge in [-0.05, 0) is 17.7 Å². The van der Waals surface area contributed by atoms with Gasteiger partial charge in [0.25, 0.3) is 0 Å². The molecular weight excluding hydrogens is 370 g/mol. The predicted molar refractivity (Wildman–Crippen MR) is 110 cm³/mol. The molecule has 8 heteroatoms. The first-order valence-corrected chi connectivity index (χ1v) is 9.62. The zero-order valence-electron chi connectivity index (χ0n) is 17.3. The van der Waals surface area contributed by atoms with Crippen LogP contribution in [0.4, 0.5) is 5.95 Å². The van der Waals surface area contributed by atoms with Crippen molar-refractivity contribution in [2.45, 2.75) is 20.0 Å². The van der Waals surface area contributed by atoms with Crippen molar-refractivity contribution < 1.29 is 14.3 Å². The lowest BCUT2D eigenvalue weighted by molar-refractivity contribution is -0.142. The van der Waals surface area contributed by atoms with E-state index in [1.807, 2.05) is 43.8 Å². The molecule has 2 amide bonds. The first-order chi connectivity index (χ1) is 13.8. The molecule has 2 heterocycles. The maximum atomic E-state index is 12.5. The van der Waals surface area contributed by atoms with Crippen LogP contribution in [0.15, 0.2) is 30.5 Å². The van der Waals surface area contributed by atoms with E-state index in [9.17, 15) is 9.59 Å². The molecule has 0 bridgehead atoms. The first kappa shape index (κ1) is 20.7. The van der Waals surface area contributed by atoms with Crippen molar-refractivity contribution in [1.29, 1.82) is 0 Å². The Labute approximate surface area is 170 Å². The molecule has 1 unspecified atom stereocenters. The summed E-state index contributed by atoms with van der Waals surface area (Å²) in [5.41, 5.74) is 8.06. The van der Waals surface area contributed by atoms with E-state index in [1.54, 1.807) is 24.4 Å². The molecule has 1 aromatic carbocycles. The molecule has 1 aliphatic heterocycles. The number of carbonyl (C=O) groups excluding carboxylic acids is 2. The zero-order chi connectivity index (χ0) is 21.1. The van der Waals surface area contributed by atoms with E-state index in [1.165, 1.54) is 0 Å². The summed E-state index contributed by atoms with van der Waals surface area (Å²) in [7, 11) is 3.73. The van der Waals surface area contributed by atoms with Gasteiger partial charge in [-0.2, -0.15) is 0 Å². The highest BCUT2D eigenvalue weighted by Gasteiger charge is 2.30. The van der Waals surface area contributed by atoms with Gasteiger partial charge in [-0.3, -0.25) is 9.59 Å². The summed E-state index contributed by atoms with van der Waals surface area (Å²) in [6.07, 6.45) is 1.34. The Kier molecular flexibility index (Phi) is 6.12. The summed E-state index contributed by atoms with van der Waals surface area (Å²) in [5.74, 6) is 0.0632. The van der Waals surface area contributed by atoms with Crippen LogP contribution >= 0.6 is 0 Å². The van der Waals surface area contributed by atoms with E-state index in [2.05, 4.69) is 4.98 Å². The van der Waals surface area contributed by atoms with Crippen LogP contribution in [0.5, 0.6) is 0 Å². The molecule has 0 radical (unpaired) electrons. The Morgan fingerprint density at radius 1 is 1.31 bits per heavy atom. The molecule has 1 saturated heterocycles. The van der Waals surface area contributed by atoms with Gasteiger partial charge in [0.1, 0.15) is 6.10 Å². The van der Waals surface area contributed by atoms with Crippen molar-refractivity contribution in [2.75, 3.05) is 38.7 Å². The van der Waals surface area contributed by atoms with Gasteiger partial charge in [0, 0.05) is 43.9 Å². The number of hydrogen-bond donors (Lipinski definition) is 1. The average Bonchev–Trinajstić information content (AvgIpc) is 2.72. The molecule has 0 aliphatic carbocycles. The van der Waals surface area contributed by atoms with E-state index in [4.69, 9.17) is 15.5 Å². The normalized spacial score (nSPS) is 16.7. The third-order valence-corrected chi connectivity index (χ3v) is 4.84. The number of ether oxygens (including phenoxy) is 1. The van der Waals surface area contributed by atoms with E-state index >= 15 is 0 Å². The van der Waals surface area contributed by atoms with Crippen molar-refractivity contribution in [3.05, 3.63) is 41.7 Å². The van der Waals surface area contributed by atoms with Crippen LogP contribution < -0.4 is 10.6 Å². The van der Waals surface area contributed by atoms with Crippen LogP contribution in [0.1, 0.15) is 36.0 Å². The number of morpholine rings is 1. The molecule has 2 N–H and O–H groups in total. The highest BCUT2D eigenvalue weighted by atomic mass is 16.5. The number of primary amides is 1.